The highest BCUT2D eigenvalue weighted by atomic mass is 19.4. The molecule has 24 heavy (non-hydrogen) atoms. The van der Waals surface area contributed by atoms with Gasteiger partial charge in [-0.05, 0) is 17.7 Å². The largest absolute Gasteiger partial charge is 0.416 e. The molecule has 1 aliphatic rings. The normalized spacial score (nSPS) is 19.8. The maximum atomic E-state index is 13.1. The minimum Gasteiger partial charge on any atom is -0.379 e. The first-order valence-electron chi connectivity index (χ1n) is 7.65. The Labute approximate surface area is 139 Å². The Bertz CT molecular complexity index is 656. The summed E-state index contributed by atoms with van der Waals surface area (Å²) in [5, 5.41) is 19.0. The summed E-state index contributed by atoms with van der Waals surface area (Å²) in [7, 11) is 0. The second-order valence-electron chi connectivity index (χ2n) is 5.82. The molecule has 2 unspecified atom stereocenters. The molecule has 128 valence electrons. The molecule has 4 nitrogen and oxygen atoms in total. The molecule has 1 aromatic carbocycles. The van der Waals surface area contributed by atoms with Crippen LogP contribution in [-0.2, 0) is 16.5 Å². The van der Waals surface area contributed by atoms with E-state index in [1.807, 2.05) is 11.0 Å². The monoisotopic (exact) mass is 337 g/mol. The molecule has 0 radical (unpaired) electrons. The zero-order valence-corrected chi connectivity index (χ0v) is 13.3. The van der Waals surface area contributed by atoms with Crippen molar-refractivity contribution in [1.82, 2.24) is 4.90 Å². The lowest BCUT2D eigenvalue weighted by molar-refractivity contribution is -0.137. The average molecular weight is 337 g/mol. The minimum atomic E-state index is -4.49. The number of alkyl halides is 3. The Hall–Kier alpha value is -2.09. The lowest BCUT2D eigenvalue weighted by Gasteiger charge is -2.44. The third-order valence-corrected chi connectivity index (χ3v) is 4.42. The van der Waals surface area contributed by atoms with Crippen molar-refractivity contribution in [3.63, 3.8) is 0 Å². The van der Waals surface area contributed by atoms with Crippen LogP contribution < -0.4 is 0 Å². The van der Waals surface area contributed by atoms with Crippen LogP contribution in [0.3, 0.4) is 0 Å². The van der Waals surface area contributed by atoms with Crippen LogP contribution in [0.1, 0.15) is 24.5 Å². The van der Waals surface area contributed by atoms with Gasteiger partial charge in [0, 0.05) is 25.4 Å². The molecule has 0 amide bonds. The van der Waals surface area contributed by atoms with E-state index in [1.54, 1.807) is 6.92 Å². The van der Waals surface area contributed by atoms with Crippen molar-refractivity contribution in [1.29, 1.82) is 10.5 Å². The van der Waals surface area contributed by atoms with E-state index in [-0.39, 0.29) is 12.0 Å². The van der Waals surface area contributed by atoms with E-state index in [9.17, 15) is 18.4 Å². The number of benzene rings is 1. The van der Waals surface area contributed by atoms with Crippen molar-refractivity contribution < 1.29 is 17.9 Å². The van der Waals surface area contributed by atoms with Gasteiger partial charge in [-0.1, -0.05) is 19.1 Å². The summed E-state index contributed by atoms with van der Waals surface area (Å²) < 4.78 is 44.5. The molecule has 1 heterocycles. The fourth-order valence-electron chi connectivity index (χ4n) is 3.16. The molecule has 7 heteroatoms. The fraction of sp³-hybridized carbons (Fsp3) is 0.529. The second kappa shape index (κ2) is 7.21. The summed E-state index contributed by atoms with van der Waals surface area (Å²) in [5.41, 5.74) is -1.82. The van der Waals surface area contributed by atoms with Gasteiger partial charge < -0.3 is 4.74 Å². The predicted octanol–water partition coefficient (Wildman–Crippen LogP) is 3.31. The highest BCUT2D eigenvalue weighted by molar-refractivity contribution is 5.37. The lowest BCUT2D eigenvalue weighted by Crippen LogP contribution is -2.54. The van der Waals surface area contributed by atoms with Crippen molar-refractivity contribution in [3.8, 4) is 12.1 Å². The maximum Gasteiger partial charge on any atom is 0.416 e. The first kappa shape index (κ1) is 18.3. The van der Waals surface area contributed by atoms with Gasteiger partial charge in [0.2, 0.25) is 0 Å². The molecule has 0 spiro atoms. The number of nitrogens with zero attached hydrogens (tertiary/aromatic N) is 3. The molecule has 0 N–H and O–H groups in total. The van der Waals surface area contributed by atoms with E-state index in [0.717, 1.165) is 12.1 Å². The number of halogens is 3. The van der Waals surface area contributed by atoms with Crippen molar-refractivity contribution >= 4 is 0 Å². The van der Waals surface area contributed by atoms with E-state index in [0.29, 0.717) is 26.3 Å². The summed E-state index contributed by atoms with van der Waals surface area (Å²) in [6.45, 7) is 3.39. The molecule has 1 saturated heterocycles. The van der Waals surface area contributed by atoms with E-state index in [1.165, 1.54) is 12.1 Å². The molecular formula is C17H18F3N3O. The van der Waals surface area contributed by atoms with Crippen molar-refractivity contribution in [2.45, 2.75) is 25.1 Å². The Morgan fingerprint density at radius 2 is 1.83 bits per heavy atom. The number of rotatable bonds is 4. The van der Waals surface area contributed by atoms with Crippen molar-refractivity contribution in [2.24, 2.45) is 5.92 Å². The summed E-state index contributed by atoms with van der Waals surface area (Å²) in [4.78, 5) is 1.83. The van der Waals surface area contributed by atoms with Crippen LogP contribution in [0.5, 0.6) is 0 Å². The number of nitriles is 2. The second-order valence-corrected chi connectivity index (χ2v) is 5.82. The number of hydrogen-bond donors (Lipinski definition) is 0. The Morgan fingerprint density at radius 3 is 2.38 bits per heavy atom. The molecule has 0 aromatic heterocycles. The van der Waals surface area contributed by atoms with E-state index in [4.69, 9.17) is 10.00 Å². The van der Waals surface area contributed by atoms with Crippen molar-refractivity contribution in [3.05, 3.63) is 35.4 Å². The van der Waals surface area contributed by atoms with Crippen LogP contribution in [-0.4, -0.2) is 31.2 Å². The summed E-state index contributed by atoms with van der Waals surface area (Å²) in [5.74, 6) is -0.450. The molecule has 1 aliphatic heterocycles. The van der Waals surface area contributed by atoms with E-state index in [2.05, 4.69) is 6.07 Å². The quantitative estimate of drug-likeness (QED) is 0.846. The lowest BCUT2D eigenvalue weighted by atomic mass is 9.76. The topological polar surface area (TPSA) is 60.0 Å². The summed E-state index contributed by atoms with van der Waals surface area (Å²) >= 11 is 0. The third kappa shape index (κ3) is 3.38. The molecule has 0 saturated carbocycles. The van der Waals surface area contributed by atoms with Gasteiger partial charge in [-0.3, -0.25) is 4.90 Å². The summed E-state index contributed by atoms with van der Waals surface area (Å²) in [6.07, 6.45) is -4.41. The Morgan fingerprint density at radius 1 is 1.21 bits per heavy atom. The predicted molar refractivity (Wildman–Crippen MR) is 80.5 cm³/mol. The van der Waals surface area contributed by atoms with Crippen molar-refractivity contribution in [2.75, 3.05) is 26.3 Å². The van der Waals surface area contributed by atoms with Crippen LogP contribution in [0.2, 0.25) is 0 Å². The van der Waals surface area contributed by atoms with Gasteiger partial charge in [-0.2, -0.15) is 23.7 Å². The van der Waals surface area contributed by atoms with Gasteiger partial charge in [0.1, 0.15) is 5.54 Å². The van der Waals surface area contributed by atoms with Crippen LogP contribution in [0, 0.1) is 28.6 Å². The third-order valence-electron chi connectivity index (χ3n) is 4.42. The highest BCUT2D eigenvalue weighted by Gasteiger charge is 2.45. The number of ether oxygens (including phenoxy) is 1. The van der Waals surface area contributed by atoms with E-state index < -0.39 is 23.2 Å². The first-order valence-corrected chi connectivity index (χ1v) is 7.65. The molecular weight excluding hydrogens is 319 g/mol. The summed E-state index contributed by atoms with van der Waals surface area (Å²) in [6, 6.07) is 9.09. The smallest absolute Gasteiger partial charge is 0.379 e. The maximum absolute atomic E-state index is 13.1. The number of hydrogen-bond acceptors (Lipinski definition) is 4. The zero-order valence-electron chi connectivity index (χ0n) is 13.3. The van der Waals surface area contributed by atoms with Crippen LogP contribution >= 0.6 is 0 Å². The van der Waals surface area contributed by atoms with Crippen LogP contribution in [0.15, 0.2) is 24.3 Å². The van der Waals surface area contributed by atoms with Gasteiger partial charge in [0.15, 0.2) is 0 Å². The molecule has 0 bridgehead atoms. The molecule has 0 aliphatic carbocycles. The van der Waals surface area contributed by atoms with Crippen LogP contribution in [0.4, 0.5) is 13.2 Å². The molecule has 1 aromatic rings. The minimum absolute atomic E-state index is 0.0706. The highest BCUT2D eigenvalue weighted by Crippen LogP contribution is 2.40. The first-order chi connectivity index (χ1) is 11.4. The van der Waals surface area contributed by atoms with Gasteiger partial charge in [-0.15, -0.1) is 0 Å². The van der Waals surface area contributed by atoms with E-state index >= 15 is 0 Å². The zero-order chi connectivity index (χ0) is 17.8. The van der Waals surface area contributed by atoms with Gasteiger partial charge in [0.25, 0.3) is 0 Å². The molecule has 1 fully saturated rings. The Balaban J connectivity index is 2.57. The number of morpholine rings is 1. The van der Waals surface area contributed by atoms with Gasteiger partial charge in [0.05, 0.1) is 30.9 Å². The van der Waals surface area contributed by atoms with Gasteiger partial charge in [-0.25, -0.2) is 0 Å². The van der Waals surface area contributed by atoms with Crippen LogP contribution in [0.25, 0.3) is 0 Å². The standard InChI is InChI=1S/C17H18F3N3O/c1-13(5-6-21)16(12-22,23-7-9-24-10-8-23)14-3-2-4-15(11-14)17(18,19)20/h2-4,11,13H,5,7-10H2,1H3. The van der Waals surface area contributed by atoms with Gasteiger partial charge >= 0.3 is 6.18 Å². The fourth-order valence-corrected chi connectivity index (χ4v) is 3.16. The average Bonchev–Trinajstić information content (AvgIpc) is 2.57. The SMILES string of the molecule is CC(CC#N)C(C#N)(c1cccc(C(F)(F)F)c1)N1CCOCC1. The molecule has 2 atom stereocenters. The Kier molecular flexibility index (Phi) is 5.48. The molecule has 2 rings (SSSR count).